The molecule has 1 saturated carbocycles. The Morgan fingerprint density at radius 2 is 2.07 bits per heavy atom. The van der Waals surface area contributed by atoms with Gasteiger partial charge in [-0.25, -0.2) is 8.78 Å². The van der Waals surface area contributed by atoms with Gasteiger partial charge in [-0.1, -0.05) is 23.5 Å². The first-order valence-corrected chi connectivity index (χ1v) is 9.45. The van der Waals surface area contributed by atoms with Gasteiger partial charge in [-0.15, -0.1) is 10.2 Å². The highest BCUT2D eigenvalue weighted by atomic mass is 32.1. The van der Waals surface area contributed by atoms with Gasteiger partial charge in [-0.2, -0.15) is 0 Å². The van der Waals surface area contributed by atoms with E-state index in [2.05, 4.69) is 15.2 Å². The number of benzene rings is 1. The number of primary amides is 1. The largest absolute Gasteiger partial charge is 0.366 e. The van der Waals surface area contributed by atoms with Crippen molar-refractivity contribution < 1.29 is 13.6 Å². The van der Waals surface area contributed by atoms with Crippen molar-refractivity contribution in [2.24, 2.45) is 5.73 Å². The topological polar surface area (TPSA) is 85.0 Å². The lowest BCUT2D eigenvalue weighted by Crippen LogP contribution is -2.55. The van der Waals surface area contributed by atoms with Crippen LogP contribution in [0.3, 0.4) is 0 Å². The minimum Gasteiger partial charge on any atom is -0.366 e. The number of hydrogen-bond donors (Lipinski definition) is 1. The van der Waals surface area contributed by atoms with Crippen molar-refractivity contribution in [3.63, 3.8) is 0 Å². The third kappa shape index (κ3) is 3.01. The quantitative estimate of drug-likeness (QED) is 0.709. The van der Waals surface area contributed by atoms with E-state index in [9.17, 15) is 13.6 Å². The van der Waals surface area contributed by atoms with Crippen LogP contribution in [-0.2, 0) is 5.54 Å². The van der Waals surface area contributed by atoms with Crippen molar-refractivity contribution >= 4 is 22.4 Å². The van der Waals surface area contributed by atoms with Gasteiger partial charge in [0.25, 0.3) is 0 Å². The maximum atomic E-state index is 14.4. The number of carbonyl (C=O) groups is 1. The van der Waals surface area contributed by atoms with Gasteiger partial charge < -0.3 is 10.6 Å². The number of nitrogens with two attached hydrogens (primary N) is 1. The second-order valence-electron chi connectivity index (χ2n) is 6.76. The van der Waals surface area contributed by atoms with Crippen molar-refractivity contribution in [2.45, 2.75) is 24.6 Å². The third-order valence-corrected chi connectivity index (χ3v) is 6.10. The maximum Gasteiger partial charge on any atom is 0.248 e. The van der Waals surface area contributed by atoms with E-state index in [1.807, 2.05) is 0 Å². The fourth-order valence-electron chi connectivity index (χ4n) is 3.48. The molecule has 1 aliphatic carbocycles. The summed E-state index contributed by atoms with van der Waals surface area (Å²) in [4.78, 5) is 17.3. The Balaban J connectivity index is 1.69. The lowest BCUT2D eigenvalue weighted by Gasteiger charge is -2.49. The molecule has 144 valence electrons. The van der Waals surface area contributed by atoms with E-state index in [1.165, 1.54) is 29.7 Å². The van der Waals surface area contributed by atoms with Gasteiger partial charge in [-0.05, 0) is 24.3 Å². The molecular formula is C19H17F2N5OS. The Morgan fingerprint density at radius 3 is 2.75 bits per heavy atom. The zero-order valence-electron chi connectivity index (χ0n) is 15.0. The summed E-state index contributed by atoms with van der Waals surface area (Å²) < 4.78 is 28.3. The monoisotopic (exact) mass is 401 g/mol. The molecule has 2 aromatic heterocycles. The summed E-state index contributed by atoms with van der Waals surface area (Å²) in [5, 5.41) is 9.47. The number of pyridine rings is 1. The van der Waals surface area contributed by atoms with Crippen LogP contribution in [0.2, 0.25) is 0 Å². The van der Waals surface area contributed by atoms with Crippen molar-refractivity contribution in [2.75, 3.05) is 11.9 Å². The number of aromatic nitrogens is 3. The fraction of sp³-hybridized carbons (Fsp3) is 0.263. The first kappa shape index (κ1) is 18.4. The van der Waals surface area contributed by atoms with Crippen LogP contribution in [-0.4, -0.2) is 34.3 Å². The van der Waals surface area contributed by atoms with Gasteiger partial charge in [-0.3, -0.25) is 9.78 Å². The molecule has 0 atom stereocenters. The standard InChI is InChI=1S/C19H17F2N5OS/c1-26(19(9-13(20)10-19)15-14(21)6-3-7-23-15)18-25-24-17(28-18)12-5-2-4-11(8-12)16(22)27/h2-8,13H,9-10H2,1H3,(H2,22,27). The zero-order valence-corrected chi connectivity index (χ0v) is 15.8. The Kier molecular flexibility index (Phi) is 4.54. The minimum absolute atomic E-state index is 0.128. The van der Waals surface area contributed by atoms with E-state index < -0.39 is 23.4 Å². The molecule has 0 aliphatic heterocycles. The lowest BCUT2D eigenvalue weighted by molar-refractivity contribution is 0.0870. The molecular weight excluding hydrogens is 384 g/mol. The van der Waals surface area contributed by atoms with Crippen LogP contribution < -0.4 is 10.6 Å². The summed E-state index contributed by atoms with van der Waals surface area (Å²) in [6.45, 7) is 0. The highest BCUT2D eigenvalue weighted by Gasteiger charge is 2.52. The van der Waals surface area contributed by atoms with E-state index in [0.29, 0.717) is 21.3 Å². The molecule has 1 amide bonds. The second-order valence-corrected chi connectivity index (χ2v) is 7.72. The molecule has 0 radical (unpaired) electrons. The van der Waals surface area contributed by atoms with Crippen LogP contribution in [0.15, 0.2) is 42.6 Å². The predicted molar refractivity (Wildman–Crippen MR) is 102 cm³/mol. The first-order chi connectivity index (χ1) is 13.4. The molecule has 1 aliphatic rings. The van der Waals surface area contributed by atoms with Gasteiger partial charge in [0.05, 0.1) is 5.54 Å². The smallest absolute Gasteiger partial charge is 0.248 e. The summed E-state index contributed by atoms with van der Waals surface area (Å²) in [6.07, 6.45) is 0.733. The summed E-state index contributed by atoms with van der Waals surface area (Å²) in [6, 6.07) is 9.60. The zero-order chi connectivity index (χ0) is 19.9. The van der Waals surface area contributed by atoms with Crippen LogP contribution in [0, 0.1) is 5.82 Å². The normalized spacial score (nSPS) is 21.2. The number of nitrogens with zero attached hydrogens (tertiary/aromatic N) is 4. The van der Waals surface area contributed by atoms with Crippen molar-refractivity contribution in [3.05, 3.63) is 59.7 Å². The van der Waals surface area contributed by atoms with Gasteiger partial charge >= 0.3 is 0 Å². The average Bonchev–Trinajstić information content (AvgIpc) is 3.15. The van der Waals surface area contributed by atoms with Gasteiger partial charge in [0.15, 0.2) is 0 Å². The number of alkyl halides is 1. The number of rotatable bonds is 5. The lowest BCUT2D eigenvalue weighted by atomic mass is 9.71. The Morgan fingerprint density at radius 1 is 1.29 bits per heavy atom. The predicted octanol–water partition coefficient (Wildman–Crippen LogP) is 3.30. The Bertz CT molecular complexity index is 1030. The Labute approximate surface area is 164 Å². The highest BCUT2D eigenvalue weighted by molar-refractivity contribution is 7.18. The van der Waals surface area contributed by atoms with E-state index in [4.69, 9.17) is 5.73 Å². The molecule has 0 unspecified atom stereocenters. The van der Waals surface area contributed by atoms with Gasteiger partial charge in [0, 0.05) is 37.2 Å². The molecule has 2 N–H and O–H groups in total. The first-order valence-electron chi connectivity index (χ1n) is 8.63. The number of halogens is 2. The molecule has 2 heterocycles. The van der Waals surface area contributed by atoms with Crippen LogP contribution in [0.5, 0.6) is 0 Å². The second kappa shape index (κ2) is 6.90. The molecule has 0 bridgehead atoms. The van der Waals surface area contributed by atoms with E-state index in [1.54, 1.807) is 36.2 Å². The van der Waals surface area contributed by atoms with Crippen molar-refractivity contribution in [3.8, 4) is 10.6 Å². The molecule has 9 heteroatoms. The Hall–Kier alpha value is -2.94. The van der Waals surface area contributed by atoms with E-state index >= 15 is 0 Å². The van der Waals surface area contributed by atoms with Crippen LogP contribution in [0.4, 0.5) is 13.9 Å². The molecule has 0 spiro atoms. The summed E-state index contributed by atoms with van der Waals surface area (Å²) >= 11 is 1.27. The molecule has 28 heavy (non-hydrogen) atoms. The SMILES string of the molecule is CN(c1nnc(-c2cccc(C(N)=O)c2)s1)C1(c2ncccc2F)CC(F)C1. The maximum absolute atomic E-state index is 14.4. The van der Waals surface area contributed by atoms with Crippen LogP contribution in [0.1, 0.15) is 28.9 Å². The number of carbonyl (C=O) groups excluding carboxylic acids is 1. The van der Waals surface area contributed by atoms with E-state index in [0.717, 1.165) is 0 Å². The van der Waals surface area contributed by atoms with Crippen LogP contribution >= 0.6 is 11.3 Å². The van der Waals surface area contributed by atoms with Crippen molar-refractivity contribution in [1.29, 1.82) is 0 Å². The van der Waals surface area contributed by atoms with Gasteiger partial charge in [0.2, 0.25) is 11.0 Å². The van der Waals surface area contributed by atoms with E-state index in [-0.39, 0.29) is 18.5 Å². The third-order valence-electron chi connectivity index (χ3n) is 5.05. The van der Waals surface area contributed by atoms with Crippen molar-refractivity contribution in [1.82, 2.24) is 15.2 Å². The molecule has 6 nitrogen and oxygen atoms in total. The summed E-state index contributed by atoms with van der Waals surface area (Å²) in [5.41, 5.74) is 5.70. The molecule has 1 fully saturated rings. The summed E-state index contributed by atoms with van der Waals surface area (Å²) in [7, 11) is 1.74. The number of anilines is 1. The molecule has 3 aromatic rings. The van der Waals surface area contributed by atoms with Gasteiger partial charge in [0.1, 0.15) is 22.7 Å². The molecule has 0 saturated heterocycles. The minimum atomic E-state index is -1.02. The number of amides is 1. The number of hydrogen-bond acceptors (Lipinski definition) is 6. The molecule has 1 aromatic carbocycles. The highest BCUT2D eigenvalue weighted by Crippen LogP contribution is 2.49. The average molecular weight is 401 g/mol. The summed E-state index contributed by atoms with van der Waals surface area (Å²) in [5.74, 6) is -1.00. The molecule has 4 rings (SSSR count). The van der Waals surface area contributed by atoms with Crippen LogP contribution in [0.25, 0.3) is 10.6 Å². The fourth-order valence-corrected chi connectivity index (χ4v) is 4.38.